The van der Waals surface area contributed by atoms with Crippen molar-refractivity contribution in [2.75, 3.05) is 6.54 Å². The van der Waals surface area contributed by atoms with Gasteiger partial charge in [-0.15, -0.1) is 0 Å². The van der Waals surface area contributed by atoms with Gasteiger partial charge in [-0.05, 0) is 56.9 Å². The molecule has 22 heavy (non-hydrogen) atoms. The largest absolute Gasteiger partial charge is 0.491 e. The van der Waals surface area contributed by atoms with Crippen LogP contribution in [0.4, 0.5) is 0 Å². The van der Waals surface area contributed by atoms with Crippen molar-refractivity contribution >= 4 is 5.91 Å². The first-order chi connectivity index (χ1) is 10.6. The molecule has 0 bridgehead atoms. The van der Waals surface area contributed by atoms with Crippen molar-refractivity contribution in [3.63, 3.8) is 0 Å². The maximum atomic E-state index is 12.1. The van der Waals surface area contributed by atoms with Gasteiger partial charge in [0.25, 0.3) is 5.91 Å². The Kier molecular flexibility index (Phi) is 6.25. The number of ether oxygens (including phenoxy) is 1. The highest BCUT2D eigenvalue weighted by Crippen LogP contribution is 2.26. The third-order valence-corrected chi connectivity index (χ3v) is 4.15. The summed E-state index contributed by atoms with van der Waals surface area (Å²) in [5.74, 6) is 0.940. The Bertz CT molecular complexity index is 464. The second-order valence-electron chi connectivity index (χ2n) is 6.37. The number of nitrogens with one attached hydrogen (secondary N) is 1. The van der Waals surface area contributed by atoms with Crippen LogP contribution in [0.25, 0.3) is 0 Å². The van der Waals surface area contributed by atoms with Gasteiger partial charge in [-0.25, -0.2) is 0 Å². The minimum atomic E-state index is -0.437. The molecule has 1 saturated carbocycles. The molecule has 0 heterocycles. The molecule has 1 amide bonds. The Morgan fingerprint density at radius 1 is 1.23 bits per heavy atom. The highest BCUT2D eigenvalue weighted by Gasteiger charge is 2.22. The van der Waals surface area contributed by atoms with E-state index in [-0.39, 0.29) is 12.0 Å². The van der Waals surface area contributed by atoms with E-state index in [9.17, 15) is 9.90 Å². The van der Waals surface area contributed by atoms with E-state index in [0.717, 1.165) is 18.6 Å². The van der Waals surface area contributed by atoms with Gasteiger partial charge in [-0.1, -0.05) is 19.3 Å². The van der Waals surface area contributed by atoms with E-state index in [0.29, 0.717) is 18.0 Å². The van der Waals surface area contributed by atoms with Gasteiger partial charge in [-0.3, -0.25) is 4.79 Å². The summed E-state index contributed by atoms with van der Waals surface area (Å²) >= 11 is 0. The number of carbonyl (C=O) groups excluding carboxylic acids is 1. The van der Waals surface area contributed by atoms with E-state index >= 15 is 0 Å². The van der Waals surface area contributed by atoms with Gasteiger partial charge in [0.1, 0.15) is 5.75 Å². The second-order valence-corrected chi connectivity index (χ2v) is 6.37. The van der Waals surface area contributed by atoms with Gasteiger partial charge in [-0.2, -0.15) is 0 Å². The number of amides is 1. The van der Waals surface area contributed by atoms with Crippen LogP contribution in [-0.4, -0.2) is 29.8 Å². The molecule has 0 aliphatic heterocycles. The van der Waals surface area contributed by atoms with Crippen molar-refractivity contribution in [3.8, 4) is 5.75 Å². The number of hydrogen-bond acceptors (Lipinski definition) is 3. The highest BCUT2D eigenvalue weighted by molar-refractivity contribution is 5.94. The lowest BCUT2D eigenvalue weighted by Gasteiger charge is -2.26. The number of rotatable bonds is 6. The zero-order valence-corrected chi connectivity index (χ0v) is 13.5. The minimum Gasteiger partial charge on any atom is -0.491 e. The van der Waals surface area contributed by atoms with Crippen LogP contribution < -0.4 is 10.1 Å². The molecule has 0 saturated heterocycles. The first kappa shape index (κ1) is 16.8. The molecule has 1 unspecified atom stereocenters. The quantitative estimate of drug-likeness (QED) is 0.849. The van der Waals surface area contributed by atoms with Crippen molar-refractivity contribution < 1.29 is 14.6 Å². The van der Waals surface area contributed by atoms with E-state index in [1.165, 1.54) is 19.3 Å². The van der Waals surface area contributed by atoms with Gasteiger partial charge in [0, 0.05) is 12.1 Å². The van der Waals surface area contributed by atoms with Gasteiger partial charge in [0.05, 0.1) is 12.2 Å². The van der Waals surface area contributed by atoms with E-state index in [2.05, 4.69) is 5.32 Å². The predicted molar refractivity (Wildman–Crippen MR) is 87.1 cm³/mol. The SMILES string of the molecule is CC(C)Oc1ccc(C(=O)NCC(O)C2CCCCC2)cc1. The third kappa shape index (κ3) is 5.02. The van der Waals surface area contributed by atoms with Crippen LogP contribution in [0.5, 0.6) is 5.75 Å². The zero-order valence-electron chi connectivity index (χ0n) is 13.5. The van der Waals surface area contributed by atoms with E-state index < -0.39 is 6.10 Å². The van der Waals surface area contributed by atoms with Gasteiger partial charge < -0.3 is 15.2 Å². The number of hydrogen-bond donors (Lipinski definition) is 2. The molecule has 4 nitrogen and oxygen atoms in total. The standard InChI is InChI=1S/C18H27NO3/c1-13(2)22-16-10-8-15(9-11-16)18(21)19-12-17(20)14-6-4-3-5-7-14/h8-11,13-14,17,20H,3-7,12H2,1-2H3,(H,19,21). The molecule has 2 N–H and O–H groups in total. The minimum absolute atomic E-state index is 0.116. The molecule has 1 fully saturated rings. The molecule has 1 atom stereocenters. The van der Waals surface area contributed by atoms with Gasteiger partial charge in [0.15, 0.2) is 0 Å². The average Bonchev–Trinajstić information content (AvgIpc) is 2.53. The molecular weight excluding hydrogens is 278 g/mol. The van der Waals surface area contributed by atoms with Crippen LogP contribution in [0.1, 0.15) is 56.3 Å². The molecule has 0 aromatic heterocycles. The fourth-order valence-corrected chi connectivity index (χ4v) is 2.94. The maximum Gasteiger partial charge on any atom is 0.251 e. The van der Waals surface area contributed by atoms with Crippen LogP contribution in [0.2, 0.25) is 0 Å². The summed E-state index contributed by atoms with van der Waals surface area (Å²) in [6, 6.07) is 7.10. The number of carbonyl (C=O) groups is 1. The fraction of sp³-hybridized carbons (Fsp3) is 0.611. The summed E-state index contributed by atoms with van der Waals surface area (Å²) in [6.45, 7) is 4.26. The van der Waals surface area contributed by atoms with Crippen molar-refractivity contribution in [3.05, 3.63) is 29.8 Å². The van der Waals surface area contributed by atoms with Gasteiger partial charge >= 0.3 is 0 Å². The summed E-state index contributed by atoms with van der Waals surface area (Å²) in [7, 11) is 0. The average molecular weight is 305 g/mol. The molecule has 4 heteroatoms. The molecular formula is C18H27NO3. The lowest BCUT2D eigenvalue weighted by atomic mass is 9.85. The van der Waals surface area contributed by atoms with Crippen molar-refractivity contribution in [2.45, 2.75) is 58.2 Å². The highest BCUT2D eigenvalue weighted by atomic mass is 16.5. The van der Waals surface area contributed by atoms with E-state index in [1.54, 1.807) is 24.3 Å². The molecule has 1 aromatic carbocycles. The van der Waals surface area contributed by atoms with Crippen molar-refractivity contribution in [2.24, 2.45) is 5.92 Å². The lowest BCUT2D eigenvalue weighted by molar-refractivity contribution is 0.0738. The molecule has 1 aliphatic carbocycles. The topological polar surface area (TPSA) is 58.6 Å². The van der Waals surface area contributed by atoms with Crippen molar-refractivity contribution in [1.29, 1.82) is 0 Å². The summed E-state index contributed by atoms with van der Waals surface area (Å²) in [5, 5.41) is 13.0. The van der Waals surface area contributed by atoms with Crippen molar-refractivity contribution in [1.82, 2.24) is 5.32 Å². The first-order valence-corrected chi connectivity index (χ1v) is 8.29. The van der Waals surface area contributed by atoms with E-state index in [1.807, 2.05) is 13.8 Å². The van der Waals surface area contributed by atoms with Crippen LogP contribution in [-0.2, 0) is 0 Å². The molecule has 0 spiro atoms. The summed E-state index contributed by atoms with van der Waals surface area (Å²) < 4.78 is 5.55. The van der Waals surface area contributed by atoms with Crippen LogP contribution in [0.3, 0.4) is 0 Å². The molecule has 1 aromatic rings. The number of benzene rings is 1. The van der Waals surface area contributed by atoms with Crippen LogP contribution in [0.15, 0.2) is 24.3 Å². The number of aliphatic hydroxyl groups excluding tert-OH is 1. The monoisotopic (exact) mass is 305 g/mol. The molecule has 1 aliphatic rings. The normalized spacial score (nSPS) is 17.3. The smallest absolute Gasteiger partial charge is 0.251 e. The molecule has 2 rings (SSSR count). The fourth-order valence-electron chi connectivity index (χ4n) is 2.94. The third-order valence-electron chi connectivity index (χ3n) is 4.15. The Labute approximate surface area is 132 Å². The van der Waals surface area contributed by atoms with Gasteiger partial charge in [0.2, 0.25) is 0 Å². The predicted octanol–water partition coefficient (Wildman–Crippen LogP) is 3.14. The lowest BCUT2D eigenvalue weighted by Crippen LogP contribution is -2.37. The Morgan fingerprint density at radius 3 is 2.45 bits per heavy atom. The Morgan fingerprint density at radius 2 is 1.86 bits per heavy atom. The first-order valence-electron chi connectivity index (χ1n) is 8.29. The van der Waals surface area contributed by atoms with E-state index in [4.69, 9.17) is 4.74 Å². The Hall–Kier alpha value is -1.55. The Balaban J connectivity index is 1.81. The summed E-state index contributed by atoms with van der Waals surface area (Å²) in [4.78, 5) is 12.1. The number of aliphatic hydroxyl groups is 1. The maximum absolute atomic E-state index is 12.1. The van der Waals surface area contributed by atoms with Crippen LogP contribution >= 0.6 is 0 Å². The summed E-state index contributed by atoms with van der Waals surface area (Å²) in [6.07, 6.45) is 5.45. The zero-order chi connectivity index (χ0) is 15.9. The second kappa shape index (κ2) is 8.18. The molecule has 0 radical (unpaired) electrons. The van der Waals surface area contributed by atoms with Crippen LogP contribution in [0, 0.1) is 5.92 Å². The summed E-state index contributed by atoms with van der Waals surface area (Å²) in [5.41, 5.74) is 0.590. The molecule has 122 valence electrons.